The van der Waals surface area contributed by atoms with Gasteiger partial charge < -0.3 is 0 Å². The van der Waals surface area contributed by atoms with Gasteiger partial charge in [-0.25, -0.2) is 0 Å². The first-order valence-corrected chi connectivity index (χ1v) is 3.66. The van der Waals surface area contributed by atoms with E-state index in [-0.39, 0.29) is 17.4 Å². The highest BCUT2D eigenvalue weighted by Crippen LogP contribution is 2.16. The minimum absolute atomic E-state index is 0. The summed E-state index contributed by atoms with van der Waals surface area (Å²) < 4.78 is 9.96. The maximum absolute atomic E-state index is 9.96. The second-order valence-corrected chi connectivity index (χ2v) is 3.00. The Kier molecular flexibility index (Phi) is 8.15. The zero-order valence-electron chi connectivity index (χ0n) is 4.59. The molecule has 0 aliphatic heterocycles. The van der Waals surface area contributed by atoms with Crippen LogP contribution in [0.25, 0.3) is 0 Å². The lowest BCUT2D eigenvalue weighted by Gasteiger charge is -1.85. The van der Waals surface area contributed by atoms with Crippen LogP contribution in [-0.2, 0) is 4.57 Å². The summed E-state index contributed by atoms with van der Waals surface area (Å²) in [6.45, 7) is 3.84. The highest BCUT2D eigenvalue weighted by atomic mass is 31.1. The van der Waals surface area contributed by atoms with Gasteiger partial charge in [0, 0.05) is 5.92 Å². The molecule has 0 saturated heterocycles. The molecule has 0 amide bonds. The van der Waals surface area contributed by atoms with Crippen molar-refractivity contribution in [1.29, 1.82) is 0 Å². The molecule has 0 bridgehead atoms. The average Bonchev–Trinajstić information content (AvgIpc) is 1.27. The fourth-order valence-corrected chi connectivity index (χ4v) is 0.937. The normalized spacial score (nSPS) is 10.8. The van der Waals surface area contributed by atoms with E-state index < -0.39 is 8.03 Å². The second-order valence-electron chi connectivity index (χ2n) is 1.93. The summed E-state index contributed by atoms with van der Waals surface area (Å²) in [4.78, 5) is 8.23. The smallest absolute Gasteiger partial charge is 0.161 e. The summed E-state index contributed by atoms with van der Waals surface area (Å²) in [7, 11) is -1.89. The lowest BCUT2D eigenvalue weighted by Crippen LogP contribution is -1.88. The van der Waals surface area contributed by atoms with Gasteiger partial charge in [0.1, 0.15) is 0 Å². The maximum atomic E-state index is 9.96. The molecule has 0 aromatic heterocycles. The SMILES string of the molecule is CC(C)C[P+](=O)O.[AlH3]. The molecule has 0 radical (unpaired) electrons. The average molecular weight is 151 g/mol. The molecule has 0 saturated carbocycles. The second kappa shape index (κ2) is 5.72. The van der Waals surface area contributed by atoms with E-state index in [0.29, 0.717) is 12.1 Å². The van der Waals surface area contributed by atoms with Crippen LogP contribution in [0.4, 0.5) is 0 Å². The van der Waals surface area contributed by atoms with Gasteiger partial charge in [0.2, 0.25) is 0 Å². The molecule has 8 heavy (non-hydrogen) atoms. The molecule has 48 valence electrons. The predicted molar refractivity (Wildman–Crippen MR) is 39.5 cm³/mol. The van der Waals surface area contributed by atoms with Gasteiger partial charge in [0.05, 0.1) is 0 Å². The van der Waals surface area contributed by atoms with Crippen molar-refractivity contribution in [2.75, 3.05) is 6.16 Å². The third-order valence-electron chi connectivity index (χ3n) is 0.521. The molecule has 0 aliphatic rings. The number of hydrogen-bond acceptors (Lipinski definition) is 1. The minimum atomic E-state index is -1.89. The van der Waals surface area contributed by atoms with Gasteiger partial charge in [-0.3, -0.25) is 0 Å². The fourth-order valence-electron chi connectivity index (χ4n) is 0.312. The summed E-state index contributed by atoms with van der Waals surface area (Å²) in [6.07, 6.45) is 0.426. The zero-order valence-corrected chi connectivity index (χ0v) is 5.48. The van der Waals surface area contributed by atoms with E-state index in [0.717, 1.165) is 0 Å². The Morgan fingerprint density at radius 3 is 2.00 bits per heavy atom. The Morgan fingerprint density at radius 1 is 1.62 bits per heavy atom. The molecule has 0 aromatic carbocycles. The molecular formula is C4H13AlO2P+. The molecule has 0 aromatic rings. The summed E-state index contributed by atoms with van der Waals surface area (Å²) in [5.74, 6) is 0.341. The monoisotopic (exact) mass is 151 g/mol. The Morgan fingerprint density at radius 2 is 2.00 bits per heavy atom. The van der Waals surface area contributed by atoms with Crippen LogP contribution >= 0.6 is 8.03 Å². The minimum Gasteiger partial charge on any atom is -0.161 e. The van der Waals surface area contributed by atoms with Crippen molar-refractivity contribution in [2.24, 2.45) is 5.92 Å². The Hall–Kier alpha value is 0.592. The summed E-state index contributed by atoms with van der Waals surface area (Å²) in [5, 5.41) is 0. The van der Waals surface area contributed by atoms with E-state index in [1.165, 1.54) is 0 Å². The third-order valence-corrected chi connectivity index (χ3v) is 1.56. The van der Waals surface area contributed by atoms with Gasteiger partial charge in [0.15, 0.2) is 23.5 Å². The van der Waals surface area contributed by atoms with Crippen LogP contribution in [0.1, 0.15) is 13.8 Å². The first-order valence-electron chi connectivity index (χ1n) is 2.26. The van der Waals surface area contributed by atoms with Crippen molar-refractivity contribution in [3.63, 3.8) is 0 Å². The van der Waals surface area contributed by atoms with Crippen molar-refractivity contribution in [2.45, 2.75) is 13.8 Å². The van der Waals surface area contributed by atoms with Gasteiger partial charge in [-0.1, -0.05) is 13.8 Å². The van der Waals surface area contributed by atoms with E-state index in [9.17, 15) is 4.57 Å². The molecule has 1 atom stereocenters. The fraction of sp³-hybridized carbons (Fsp3) is 1.00. The van der Waals surface area contributed by atoms with Gasteiger partial charge in [-0.05, 0) is 4.57 Å². The van der Waals surface area contributed by atoms with E-state index in [2.05, 4.69) is 0 Å². The summed E-state index contributed by atoms with van der Waals surface area (Å²) >= 11 is 0. The molecule has 1 unspecified atom stereocenters. The lowest BCUT2D eigenvalue weighted by atomic mass is 10.3. The first-order chi connectivity index (χ1) is 3.13. The Balaban J connectivity index is 0. The molecule has 2 nitrogen and oxygen atoms in total. The van der Waals surface area contributed by atoms with Crippen molar-refractivity contribution >= 4 is 25.4 Å². The Bertz CT molecular complexity index is 74.4. The Labute approximate surface area is 61.3 Å². The lowest BCUT2D eigenvalue weighted by molar-refractivity contribution is 0.494. The standard InChI is InChI=1S/C4H9O2P.Al.3H/c1-4(2)3-7(5)6;;;;/h4H,3H2,1-2H3;;;;/p+1. The molecule has 1 N–H and O–H groups in total. The van der Waals surface area contributed by atoms with E-state index in [1.807, 2.05) is 13.8 Å². The van der Waals surface area contributed by atoms with Gasteiger partial charge >= 0.3 is 8.03 Å². The molecular weight excluding hydrogens is 138 g/mol. The first kappa shape index (κ1) is 11.4. The molecule has 0 fully saturated rings. The molecule has 0 spiro atoms. The van der Waals surface area contributed by atoms with E-state index in [1.54, 1.807) is 0 Å². The van der Waals surface area contributed by atoms with Crippen LogP contribution in [0.5, 0.6) is 0 Å². The van der Waals surface area contributed by atoms with E-state index in [4.69, 9.17) is 4.89 Å². The van der Waals surface area contributed by atoms with Crippen molar-refractivity contribution < 1.29 is 9.46 Å². The molecule has 4 heteroatoms. The van der Waals surface area contributed by atoms with Crippen LogP contribution in [0, 0.1) is 5.92 Å². The van der Waals surface area contributed by atoms with Crippen LogP contribution in [0.15, 0.2) is 0 Å². The van der Waals surface area contributed by atoms with Crippen LogP contribution in [0.2, 0.25) is 0 Å². The van der Waals surface area contributed by atoms with Crippen LogP contribution in [0.3, 0.4) is 0 Å². The largest absolute Gasteiger partial charge is 0.505 e. The summed E-state index contributed by atoms with van der Waals surface area (Å²) in [6, 6.07) is 0. The van der Waals surface area contributed by atoms with Gasteiger partial charge in [0.25, 0.3) is 0 Å². The van der Waals surface area contributed by atoms with Crippen molar-refractivity contribution in [3.05, 3.63) is 0 Å². The highest BCUT2D eigenvalue weighted by molar-refractivity contribution is 7.37. The van der Waals surface area contributed by atoms with Crippen LogP contribution in [-0.4, -0.2) is 28.4 Å². The predicted octanol–water partition coefficient (Wildman–Crippen LogP) is 0.193. The summed E-state index contributed by atoms with van der Waals surface area (Å²) in [5.41, 5.74) is 0. The number of hydrogen-bond donors (Lipinski definition) is 1. The maximum Gasteiger partial charge on any atom is 0.505 e. The zero-order chi connectivity index (χ0) is 5.86. The molecule has 0 rings (SSSR count). The topological polar surface area (TPSA) is 37.3 Å². The highest BCUT2D eigenvalue weighted by Gasteiger charge is 2.11. The molecule has 0 heterocycles. The van der Waals surface area contributed by atoms with E-state index >= 15 is 0 Å². The van der Waals surface area contributed by atoms with Gasteiger partial charge in [-0.15, -0.1) is 0 Å². The third kappa shape index (κ3) is 9.78. The van der Waals surface area contributed by atoms with Crippen molar-refractivity contribution in [3.8, 4) is 0 Å². The van der Waals surface area contributed by atoms with Crippen LogP contribution < -0.4 is 0 Å². The molecule has 0 aliphatic carbocycles. The van der Waals surface area contributed by atoms with Gasteiger partial charge in [-0.2, -0.15) is 4.89 Å². The number of rotatable bonds is 2. The quantitative estimate of drug-likeness (QED) is 0.452. The van der Waals surface area contributed by atoms with Crippen molar-refractivity contribution in [1.82, 2.24) is 0 Å².